The van der Waals surface area contributed by atoms with E-state index in [1.165, 1.54) is 0 Å². The average Bonchev–Trinajstić information content (AvgIpc) is 2.62. The van der Waals surface area contributed by atoms with Crippen LogP contribution in [0.15, 0.2) is 84.9 Å². The van der Waals surface area contributed by atoms with Gasteiger partial charge in [-0.3, -0.25) is 4.79 Å². The zero-order valence-corrected chi connectivity index (χ0v) is 12.8. The summed E-state index contributed by atoms with van der Waals surface area (Å²) < 4.78 is 5.81. The molecule has 2 nitrogen and oxygen atoms in total. The first-order chi connectivity index (χ1) is 11.3. The molecular formula is C21H18O2. The summed E-state index contributed by atoms with van der Waals surface area (Å²) in [5.74, 6) is 0.901. The van der Waals surface area contributed by atoms with Crippen LogP contribution in [-0.4, -0.2) is 5.78 Å². The zero-order valence-electron chi connectivity index (χ0n) is 12.8. The van der Waals surface area contributed by atoms with Crippen molar-refractivity contribution < 1.29 is 9.53 Å². The molecule has 0 saturated carbocycles. The molecule has 3 aromatic rings. The monoisotopic (exact) mass is 302 g/mol. The van der Waals surface area contributed by atoms with Crippen molar-refractivity contribution >= 4 is 5.78 Å². The predicted molar refractivity (Wildman–Crippen MR) is 91.7 cm³/mol. The van der Waals surface area contributed by atoms with Crippen molar-refractivity contribution in [1.82, 2.24) is 0 Å². The lowest BCUT2D eigenvalue weighted by Crippen LogP contribution is -2.03. The minimum atomic E-state index is 0.116. The molecule has 2 heteroatoms. The SMILES string of the molecule is O=C(Cc1cccc(OCc2ccccc2)c1)c1ccccc1. The number of hydrogen-bond acceptors (Lipinski definition) is 2. The summed E-state index contributed by atoms with van der Waals surface area (Å²) in [5, 5.41) is 0. The number of rotatable bonds is 6. The first-order valence-electron chi connectivity index (χ1n) is 7.65. The quantitative estimate of drug-likeness (QED) is 0.617. The minimum absolute atomic E-state index is 0.116. The number of ether oxygens (including phenoxy) is 1. The number of hydrogen-bond donors (Lipinski definition) is 0. The van der Waals surface area contributed by atoms with Crippen LogP contribution in [0.5, 0.6) is 5.75 Å². The van der Waals surface area contributed by atoms with Gasteiger partial charge in [-0.05, 0) is 23.3 Å². The van der Waals surface area contributed by atoms with E-state index in [9.17, 15) is 4.79 Å². The summed E-state index contributed by atoms with van der Waals surface area (Å²) >= 11 is 0. The molecule has 0 aliphatic carbocycles. The zero-order chi connectivity index (χ0) is 15.9. The van der Waals surface area contributed by atoms with Crippen LogP contribution < -0.4 is 4.74 Å². The normalized spacial score (nSPS) is 10.3. The van der Waals surface area contributed by atoms with Crippen LogP contribution in [0, 0.1) is 0 Å². The predicted octanol–water partition coefficient (Wildman–Crippen LogP) is 4.69. The summed E-state index contributed by atoms with van der Waals surface area (Å²) in [6.45, 7) is 0.525. The van der Waals surface area contributed by atoms with Crippen LogP contribution in [0.4, 0.5) is 0 Å². The molecule has 0 radical (unpaired) electrons. The van der Waals surface area contributed by atoms with E-state index in [-0.39, 0.29) is 5.78 Å². The number of Topliss-reactive ketones (excluding diaryl/α,β-unsaturated/α-hetero) is 1. The second-order valence-corrected chi connectivity index (χ2v) is 5.39. The lowest BCUT2D eigenvalue weighted by atomic mass is 10.0. The Labute approximate surface area is 136 Å². The van der Waals surface area contributed by atoms with Gasteiger partial charge in [-0.25, -0.2) is 0 Å². The lowest BCUT2D eigenvalue weighted by Gasteiger charge is -2.08. The van der Waals surface area contributed by atoms with Gasteiger partial charge in [0.15, 0.2) is 5.78 Å². The van der Waals surface area contributed by atoms with Crippen molar-refractivity contribution in [1.29, 1.82) is 0 Å². The van der Waals surface area contributed by atoms with Crippen LogP contribution in [0.25, 0.3) is 0 Å². The fourth-order valence-electron chi connectivity index (χ4n) is 2.40. The van der Waals surface area contributed by atoms with Crippen molar-refractivity contribution in [3.05, 3.63) is 102 Å². The van der Waals surface area contributed by atoms with Gasteiger partial charge >= 0.3 is 0 Å². The van der Waals surface area contributed by atoms with Gasteiger partial charge in [0.2, 0.25) is 0 Å². The van der Waals surface area contributed by atoms with Crippen LogP contribution >= 0.6 is 0 Å². The molecule has 0 heterocycles. The van der Waals surface area contributed by atoms with E-state index >= 15 is 0 Å². The van der Waals surface area contributed by atoms with E-state index in [2.05, 4.69) is 0 Å². The molecular weight excluding hydrogens is 284 g/mol. The Bertz CT molecular complexity index is 764. The van der Waals surface area contributed by atoms with E-state index in [1.54, 1.807) is 0 Å². The van der Waals surface area contributed by atoms with Crippen LogP contribution in [0.3, 0.4) is 0 Å². The summed E-state index contributed by atoms with van der Waals surface area (Å²) in [7, 11) is 0. The highest BCUT2D eigenvalue weighted by Crippen LogP contribution is 2.17. The van der Waals surface area contributed by atoms with Gasteiger partial charge in [0.1, 0.15) is 12.4 Å². The largest absolute Gasteiger partial charge is 0.489 e. The smallest absolute Gasteiger partial charge is 0.167 e. The summed E-state index contributed by atoms with van der Waals surface area (Å²) in [6.07, 6.45) is 0.381. The highest BCUT2D eigenvalue weighted by molar-refractivity contribution is 5.97. The molecule has 0 N–H and O–H groups in total. The topological polar surface area (TPSA) is 26.3 Å². The standard InChI is InChI=1S/C21H18O2/c22-21(19-11-5-2-6-12-19)15-18-10-7-13-20(14-18)23-16-17-8-3-1-4-9-17/h1-14H,15-16H2. The fraction of sp³-hybridized carbons (Fsp3) is 0.0952. The first-order valence-corrected chi connectivity index (χ1v) is 7.65. The first kappa shape index (κ1) is 15.0. The van der Waals surface area contributed by atoms with E-state index < -0.39 is 0 Å². The molecule has 0 amide bonds. The number of carbonyl (C=O) groups is 1. The molecule has 0 aliphatic heterocycles. The van der Waals surface area contributed by atoms with E-state index in [4.69, 9.17) is 4.74 Å². The molecule has 114 valence electrons. The van der Waals surface area contributed by atoms with Gasteiger partial charge in [-0.15, -0.1) is 0 Å². The Hall–Kier alpha value is -2.87. The van der Waals surface area contributed by atoms with E-state index in [1.807, 2.05) is 84.9 Å². The van der Waals surface area contributed by atoms with E-state index in [0.29, 0.717) is 13.0 Å². The van der Waals surface area contributed by atoms with Crippen LogP contribution in [0.2, 0.25) is 0 Å². The van der Waals surface area contributed by atoms with Gasteiger partial charge < -0.3 is 4.74 Å². The number of ketones is 1. The van der Waals surface area contributed by atoms with E-state index in [0.717, 1.165) is 22.4 Å². The Kier molecular flexibility index (Phi) is 4.85. The van der Waals surface area contributed by atoms with Crippen LogP contribution in [0.1, 0.15) is 21.5 Å². The van der Waals surface area contributed by atoms with Crippen molar-refractivity contribution in [3.8, 4) is 5.75 Å². The molecule has 3 aromatic carbocycles. The molecule has 3 rings (SSSR count). The minimum Gasteiger partial charge on any atom is -0.489 e. The molecule has 0 fully saturated rings. The molecule has 0 atom stereocenters. The Morgan fingerprint density at radius 3 is 2.13 bits per heavy atom. The third-order valence-corrected chi connectivity index (χ3v) is 3.61. The molecule has 0 saturated heterocycles. The second kappa shape index (κ2) is 7.41. The molecule has 0 spiro atoms. The Morgan fingerprint density at radius 2 is 1.39 bits per heavy atom. The summed E-state index contributed by atoms with van der Waals surface area (Å²) in [6, 6.07) is 27.1. The molecule has 0 aliphatic rings. The van der Waals surface area contributed by atoms with Crippen LogP contribution in [-0.2, 0) is 13.0 Å². The van der Waals surface area contributed by atoms with Crippen molar-refractivity contribution in [3.63, 3.8) is 0 Å². The van der Waals surface area contributed by atoms with Gasteiger partial charge in [0.05, 0.1) is 0 Å². The number of carbonyl (C=O) groups excluding carboxylic acids is 1. The third kappa shape index (κ3) is 4.30. The van der Waals surface area contributed by atoms with Gasteiger partial charge in [0.25, 0.3) is 0 Å². The van der Waals surface area contributed by atoms with Crippen molar-refractivity contribution in [2.45, 2.75) is 13.0 Å². The maximum Gasteiger partial charge on any atom is 0.167 e. The van der Waals surface area contributed by atoms with Gasteiger partial charge in [-0.2, -0.15) is 0 Å². The summed E-state index contributed by atoms with van der Waals surface area (Å²) in [4.78, 5) is 12.3. The highest BCUT2D eigenvalue weighted by atomic mass is 16.5. The van der Waals surface area contributed by atoms with Gasteiger partial charge in [0, 0.05) is 12.0 Å². The van der Waals surface area contributed by atoms with Crippen molar-refractivity contribution in [2.24, 2.45) is 0 Å². The molecule has 23 heavy (non-hydrogen) atoms. The summed E-state index contributed by atoms with van der Waals surface area (Å²) in [5.41, 5.74) is 2.82. The molecule has 0 unspecified atom stereocenters. The third-order valence-electron chi connectivity index (χ3n) is 3.61. The Balaban J connectivity index is 1.64. The fourth-order valence-corrected chi connectivity index (χ4v) is 2.40. The second-order valence-electron chi connectivity index (χ2n) is 5.39. The maximum atomic E-state index is 12.3. The van der Waals surface area contributed by atoms with Gasteiger partial charge in [-0.1, -0.05) is 72.8 Å². The Morgan fingerprint density at radius 1 is 0.739 bits per heavy atom. The maximum absolute atomic E-state index is 12.3. The average molecular weight is 302 g/mol. The molecule has 0 aromatic heterocycles. The number of benzene rings is 3. The lowest BCUT2D eigenvalue weighted by molar-refractivity contribution is 0.0993. The van der Waals surface area contributed by atoms with Crippen molar-refractivity contribution in [2.75, 3.05) is 0 Å². The molecule has 0 bridgehead atoms. The highest BCUT2D eigenvalue weighted by Gasteiger charge is 2.07.